The van der Waals surface area contributed by atoms with Crippen LogP contribution in [0.5, 0.6) is 0 Å². The molecular weight excluding hydrogens is 332 g/mol. The van der Waals surface area contributed by atoms with Crippen molar-refractivity contribution in [2.75, 3.05) is 0 Å². The summed E-state index contributed by atoms with van der Waals surface area (Å²) in [6.45, 7) is 3.99. The Labute approximate surface area is 156 Å². The minimum Gasteiger partial charge on any atom is -0.459 e. The van der Waals surface area contributed by atoms with Crippen LogP contribution in [-0.2, 0) is 23.9 Å². The quantitative estimate of drug-likeness (QED) is 0.261. The van der Waals surface area contributed by atoms with Gasteiger partial charge in [-0.2, -0.15) is 0 Å². The Kier molecular flexibility index (Phi) is 10.1. The van der Waals surface area contributed by atoms with Gasteiger partial charge in [-0.15, -0.1) is 0 Å². The number of cyclic esters (lactones) is 1. The number of unbranched alkanes of at least 4 members (excludes halogenated alkanes) is 2. The smallest absolute Gasteiger partial charge is 0.306 e. The van der Waals surface area contributed by atoms with Crippen molar-refractivity contribution in [3.63, 3.8) is 0 Å². The largest absolute Gasteiger partial charge is 0.459 e. The summed E-state index contributed by atoms with van der Waals surface area (Å²) in [7, 11) is 0. The van der Waals surface area contributed by atoms with E-state index < -0.39 is 5.60 Å². The maximum Gasteiger partial charge on any atom is 0.306 e. The summed E-state index contributed by atoms with van der Waals surface area (Å²) in [5.74, 6) is -0.0664. The number of esters is 1. The van der Waals surface area contributed by atoms with Crippen LogP contribution in [0.4, 0.5) is 0 Å². The van der Waals surface area contributed by atoms with Gasteiger partial charge in [0.25, 0.3) is 0 Å². The molecular formula is C21H32O5. The molecule has 1 atom stereocenters. The van der Waals surface area contributed by atoms with E-state index in [0.29, 0.717) is 38.5 Å². The maximum atomic E-state index is 11.9. The van der Waals surface area contributed by atoms with Crippen LogP contribution >= 0.6 is 0 Å². The second-order valence-electron chi connectivity index (χ2n) is 7.38. The molecule has 5 nitrogen and oxygen atoms in total. The van der Waals surface area contributed by atoms with E-state index in [1.165, 1.54) is 6.08 Å². The van der Waals surface area contributed by atoms with E-state index >= 15 is 0 Å². The molecule has 1 heterocycles. The molecule has 1 saturated heterocycles. The summed E-state index contributed by atoms with van der Waals surface area (Å²) in [4.78, 5) is 46.4. The number of hydrogen-bond acceptors (Lipinski definition) is 5. The minimum absolute atomic E-state index is 0.0207. The Morgan fingerprint density at radius 3 is 2.42 bits per heavy atom. The molecule has 5 heteroatoms. The van der Waals surface area contributed by atoms with Gasteiger partial charge >= 0.3 is 5.97 Å². The minimum atomic E-state index is -0.429. The third-order valence-corrected chi connectivity index (χ3v) is 4.74. The Balaban J connectivity index is 2.11. The third kappa shape index (κ3) is 9.64. The van der Waals surface area contributed by atoms with Crippen molar-refractivity contribution in [3.8, 4) is 0 Å². The van der Waals surface area contributed by atoms with Crippen molar-refractivity contribution in [3.05, 3.63) is 12.2 Å². The van der Waals surface area contributed by atoms with Crippen LogP contribution in [0.15, 0.2) is 12.2 Å². The lowest BCUT2D eigenvalue weighted by molar-refractivity contribution is -0.147. The van der Waals surface area contributed by atoms with Gasteiger partial charge < -0.3 is 4.74 Å². The summed E-state index contributed by atoms with van der Waals surface area (Å²) < 4.78 is 5.28. The highest BCUT2D eigenvalue weighted by Crippen LogP contribution is 2.31. The molecule has 0 aromatic carbocycles. The predicted molar refractivity (Wildman–Crippen MR) is 99.7 cm³/mol. The number of allylic oxidation sites excluding steroid dienone is 2. The predicted octanol–water partition coefficient (Wildman–Crippen LogP) is 4.27. The molecule has 1 fully saturated rings. The van der Waals surface area contributed by atoms with Gasteiger partial charge in [0, 0.05) is 38.5 Å². The molecule has 0 aromatic rings. The fourth-order valence-corrected chi connectivity index (χ4v) is 3.04. The molecule has 0 N–H and O–H groups in total. The van der Waals surface area contributed by atoms with E-state index in [2.05, 4.69) is 6.92 Å². The average Bonchev–Trinajstić information content (AvgIpc) is 2.92. The second-order valence-corrected chi connectivity index (χ2v) is 7.38. The van der Waals surface area contributed by atoms with Crippen molar-refractivity contribution in [1.29, 1.82) is 0 Å². The van der Waals surface area contributed by atoms with Crippen LogP contribution in [0.2, 0.25) is 0 Å². The van der Waals surface area contributed by atoms with Crippen molar-refractivity contribution in [2.24, 2.45) is 0 Å². The highest BCUT2D eigenvalue weighted by molar-refractivity contribution is 5.91. The van der Waals surface area contributed by atoms with Crippen LogP contribution < -0.4 is 0 Å². The summed E-state index contributed by atoms with van der Waals surface area (Å²) in [5, 5.41) is 0. The first-order valence-electron chi connectivity index (χ1n) is 9.79. The molecule has 1 aliphatic heterocycles. The summed E-state index contributed by atoms with van der Waals surface area (Å²) in [6, 6.07) is 0. The number of rotatable bonds is 14. The van der Waals surface area contributed by atoms with Gasteiger partial charge in [-0.1, -0.05) is 25.8 Å². The first kappa shape index (κ1) is 22.3. The molecule has 0 saturated carbocycles. The number of carbonyl (C=O) groups is 4. The topological polar surface area (TPSA) is 77.5 Å². The maximum absolute atomic E-state index is 11.9. The lowest BCUT2D eigenvalue weighted by Gasteiger charge is -2.21. The van der Waals surface area contributed by atoms with Gasteiger partial charge in [0.15, 0.2) is 5.78 Å². The molecule has 146 valence electrons. The molecule has 0 radical (unpaired) electrons. The average molecular weight is 364 g/mol. The van der Waals surface area contributed by atoms with Gasteiger partial charge in [0.05, 0.1) is 0 Å². The van der Waals surface area contributed by atoms with Gasteiger partial charge in [-0.3, -0.25) is 19.2 Å². The van der Waals surface area contributed by atoms with Crippen LogP contribution in [0.3, 0.4) is 0 Å². The third-order valence-electron chi connectivity index (χ3n) is 4.74. The lowest BCUT2D eigenvalue weighted by Crippen LogP contribution is -2.23. The molecule has 1 rings (SSSR count). The highest BCUT2D eigenvalue weighted by Gasteiger charge is 2.35. The Morgan fingerprint density at radius 2 is 1.77 bits per heavy atom. The van der Waals surface area contributed by atoms with E-state index in [-0.39, 0.29) is 42.6 Å². The van der Waals surface area contributed by atoms with Gasteiger partial charge in [-0.05, 0) is 38.7 Å². The Morgan fingerprint density at radius 1 is 1.04 bits per heavy atom. The summed E-state index contributed by atoms with van der Waals surface area (Å²) in [6.07, 6.45) is 10.2. The summed E-state index contributed by atoms with van der Waals surface area (Å²) in [5.41, 5.74) is -0.429. The molecule has 1 unspecified atom stereocenters. The number of carbonyl (C=O) groups excluding carboxylic acids is 4. The number of ether oxygens (including phenoxy) is 1. The standard InChI is InChI=1S/C21H32O5/c1-3-4-5-8-17(22)9-6-10-18(23)12-13-19(24)11-7-15-21(2)16-14-20(25)26-21/h6,9H,3-5,7-8,10-16H2,1-2H3. The van der Waals surface area contributed by atoms with Gasteiger partial charge in [0.2, 0.25) is 0 Å². The molecule has 26 heavy (non-hydrogen) atoms. The first-order valence-corrected chi connectivity index (χ1v) is 9.79. The number of hydrogen-bond donors (Lipinski definition) is 0. The normalized spacial score (nSPS) is 19.7. The van der Waals surface area contributed by atoms with Crippen LogP contribution in [-0.4, -0.2) is 28.9 Å². The first-order chi connectivity index (χ1) is 12.3. The monoisotopic (exact) mass is 364 g/mol. The molecule has 0 amide bonds. The molecule has 0 bridgehead atoms. The fraction of sp³-hybridized carbons (Fsp3) is 0.714. The molecule has 0 aliphatic carbocycles. The van der Waals surface area contributed by atoms with E-state index in [9.17, 15) is 19.2 Å². The van der Waals surface area contributed by atoms with Crippen LogP contribution in [0.1, 0.15) is 90.9 Å². The Bertz CT molecular complexity index is 535. The Hall–Kier alpha value is -1.78. The zero-order valence-corrected chi connectivity index (χ0v) is 16.2. The van der Waals surface area contributed by atoms with Crippen molar-refractivity contribution in [1.82, 2.24) is 0 Å². The zero-order chi connectivity index (χ0) is 19.4. The zero-order valence-electron chi connectivity index (χ0n) is 16.2. The molecule has 0 spiro atoms. The molecule has 0 aromatic heterocycles. The van der Waals surface area contributed by atoms with E-state index in [4.69, 9.17) is 4.74 Å². The summed E-state index contributed by atoms with van der Waals surface area (Å²) >= 11 is 0. The number of ketones is 3. The fourth-order valence-electron chi connectivity index (χ4n) is 3.04. The second kappa shape index (κ2) is 11.8. The van der Waals surface area contributed by atoms with Gasteiger partial charge in [0.1, 0.15) is 17.2 Å². The van der Waals surface area contributed by atoms with Crippen molar-refractivity contribution in [2.45, 2.75) is 96.5 Å². The highest BCUT2D eigenvalue weighted by atomic mass is 16.6. The SMILES string of the molecule is CCCCCC(=O)C=CCC(=O)CCC(=O)CCCC1(C)CCC(=O)O1. The van der Waals surface area contributed by atoms with E-state index in [1.54, 1.807) is 6.08 Å². The van der Waals surface area contributed by atoms with Crippen LogP contribution in [0.25, 0.3) is 0 Å². The van der Waals surface area contributed by atoms with Crippen molar-refractivity contribution < 1.29 is 23.9 Å². The molecule has 1 aliphatic rings. The van der Waals surface area contributed by atoms with E-state index in [0.717, 1.165) is 19.3 Å². The lowest BCUT2D eigenvalue weighted by atomic mass is 9.94. The van der Waals surface area contributed by atoms with E-state index in [1.807, 2.05) is 6.92 Å². The van der Waals surface area contributed by atoms with Crippen LogP contribution in [0, 0.1) is 0 Å². The number of Topliss-reactive ketones (excluding diaryl/α,β-unsaturated/α-hetero) is 2. The van der Waals surface area contributed by atoms with Crippen molar-refractivity contribution >= 4 is 23.3 Å². The van der Waals surface area contributed by atoms with Gasteiger partial charge in [-0.25, -0.2) is 0 Å².